The van der Waals surface area contributed by atoms with E-state index in [1.54, 1.807) is 34.8 Å². The van der Waals surface area contributed by atoms with Crippen LogP contribution in [0.5, 0.6) is 0 Å². The van der Waals surface area contributed by atoms with Gasteiger partial charge in [-0.2, -0.15) is 0 Å². The maximum atomic E-state index is 15.1. The number of pyridine rings is 1. The Morgan fingerprint density at radius 1 is 0.882 bits per heavy atom. The van der Waals surface area contributed by atoms with Crippen LogP contribution in [0.15, 0.2) is 65.6 Å². The van der Waals surface area contributed by atoms with Gasteiger partial charge in [0.2, 0.25) is 0 Å². The Kier molecular flexibility index (Phi) is 4.35. The monoisotopic (exact) mass is 461 g/mol. The molecule has 0 bridgehead atoms. The van der Waals surface area contributed by atoms with Gasteiger partial charge in [0.25, 0.3) is 11.8 Å². The molecular weight excluding hydrogens is 436 g/mol. The number of amides is 1. The van der Waals surface area contributed by atoms with Gasteiger partial charge in [-0.25, -0.2) is 8.78 Å². The lowest BCUT2D eigenvalue weighted by Crippen LogP contribution is -2.57. The van der Waals surface area contributed by atoms with Crippen molar-refractivity contribution in [1.82, 2.24) is 9.58 Å². The topological polar surface area (TPSA) is 45.6 Å². The molecule has 3 atom stereocenters. The van der Waals surface area contributed by atoms with Crippen LogP contribution in [-0.4, -0.2) is 34.1 Å². The smallest absolute Gasteiger partial charge is 0.274 e. The summed E-state index contributed by atoms with van der Waals surface area (Å²) in [6.07, 6.45) is 1.63. The van der Waals surface area contributed by atoms with Crippen molar-refractivity contribution in [3.05, 3.63) is 105 Å². The Labute approximate surface area is 196 Å². The SMILES string of the molecule is Cc1c2n(ccc1=O)N(C1c3ccccc3[C@@H]3[C@H](c4ccccc41)C3(F)F)CN(C(C)C)C2=O. The van der Waals surface area contributed by atoms with Crippen molar-refractivity contribution in [2.45, 2.75) is 50.6 Å². The zero-order chi connectivity index (χ0) is 23.9. The number of alkyl halides is 2. The van der Waals surface area contributed by atoms with Gasteiger partial charge in [0, 0.05) is 23.9 Å². The third-order valence-electron chi connectivity index (χ3n) is 7.58. The van der Waals surface area contributed by atoms with Crippen LogP contribution >= 0.6 is 0 Å². The van der Waals surface area contributed by atoms with E-state index in [-0.39, 0.29) is 24.0 Å². The van der Waals surface area contributed by atoms with Gasteiger partial charge in [0.15, 0.2) is 5.43 Å². The number of carbonyl (C=O) groups excluding carboxylic acids is 1. The van der Waals surface area contributed by atoms with E-state index < -0.39 is 23.8 Å². The molecule has 2 aliphatic carbocycles. The molecule has 1 unspecified atom stereocenters. The van der Waals surface area contributed by atoms with Crippen molar-refractivity contribution in [3.8, 4) is 0 Å². The lowest BCUT2D eigenvalue weighted by Gasteiger charge is -2.46. The molecule has 1 aliphatic heterocycles. The molecule has 6 rings (SSSR count). The molecule has 2 aromatic carbocycles. The fourth-order valence-corrected chi connectivity index (χ4v) is 5.80. The van der Waals surface area contributed by atoms with E-state index >= 15 is 8.78 Å². The fraction of sp³-hybridized carbons (Fsp3) is 0.333. The van der Waals surface area contributed by atoms with Crippen molar-refractivity contribution >= 4 is 5.91 Å². The average molecular weight is 462 g/mol. The Balaban J connectivity index is 1.64. The Morgan fingerprint density at radius 3 is 1.94 bits per heavy atom. The number of fused-ring (bicyclic) bond motifs is 6. The molecule has 0 spiro atoms. The molecule has 1 aromatic heterocycles. The minimum atomic E-state index is -2.79. The number of hydrogen-bond donors (Lipinski definition) is 0. The van der Waals surface area contributed by atoms with Gasteiger partial charge >= 0.3 is 0 Å². The summed E-state index contributed by atoms with van der Waals surface area (Å²) in [6.45, 7) is 5.81. The van der Waals surface area contributed by atoms with E-state index in [0.29, 0.717) is 22.4 Å². The summed E-state index contributed by atoms with van der Waals surface area (Å²) in [5.41, 5.74) is 3.40. The lowest BCUT2D eigenvalue weighted by molar-refractivity contribution is 0.0625. The van der Waals surface area contributed by atoms with Crippen LogP contribution in [0.3, 0.4) is 0 Å². The van der Waals surface area contributed by atoms with Crippen LogP contribution in [0.25, 0.3) is 0 Å². The molecule has 174 valence electrons. The van der Waals surface area contributed by atoms with Gasteiger partial charge in [0.1, 0.15) is 12.4 Å². The minimum Gasteiger partial charge on any atom is -0.316 e. The van der Waals surface area contributed by atoms with Crippen LogP contribution in [0.4, 0.5) is 8.78 Å². The highest BCUT2D eigenvalue weighted by Crippen LogP contribution is 2.70. The largest absolute Gasteiger partial charge is 0.316 e. The summed E-state index contributed by atoms with van der Waals surface area (Å²) < 4.78 is 31.9. The molecule has 0 saturated heterocycles. The zero-order valence-corrected chi connectivity index (χ0v) is 19.2. The van der Waals surface area contributed by atoms with Gasteiger partial charge in [-0.05, 0) is 43.0 Å². The maximum Gasteiger partial charge on any atom is 0.274 e. The first-order valence-electron chi connectivity index (χ1n) is 11.6. The number of nitrogens with zero attached hydrogens (tertiary/aromatic N) is 3. The predicted molar refractivity (Wildman–Crippen MR) is 125 cm³/mol. The van der Waals surface area contributed by atoms with E-state index in [2.05, 4.69) is 0 Å². The normalized spacial score (nSPS) is 24.2. The molecule has 0 radical (unpaired) electrons. The molecule has 1 saturated carbocycles. The third kappa shape index (κ3) is 2.70. The van der Waals surface area contributed by atoms with Gasteiger partial charge in [0.05, 0.1) is 17.9 Å². The molecule has 5 nitrogen and oxygen atoms in total. The highest BCUT2D eigenvalue weighted by Gasteiger charge is 2.71. The minimum absolute atomic E-state index is 0.104. The Bertz CT molecular complexity index is 1340. The van der Waals surface area contributed by atoms with Crippen LogP contribution in [0, 0.1) is 6.92 Å². The average Bonchev–Trinajstić information content (AvgIpc) is 3.42. The van der Waals surface area contributed by atoms with Gasteiger partial charge in [-0.3, -0.25) is 19.3 Å². The third-order valence-corrected chi connectivity index (χ3v) is 7.58. The molecule has 3 aliphatic rings. The first-order chi connectivity index (χ1) is 16.2. The number of carbonyl (C=O) groups is 1. The van der Waals surface area contributed by atoms with Crippen LogP contribution in [-0.2, 0) is 0 Å². The number of hydrogen-bond acceptors (Lipinski definition) is 3. The number of halogens is 2. The second-order valence-corrected chi connectivity index (χ2v) is 9.74. The highest BCUT2D eigenvalue weighted by molar-refractivity contribution is 5.95. The molecule has 7 heteroatoms. The van der Waals surface area contributed by atoms with Crippen molar-refractivity contribution < 1.29 is 13.6 Å². The number of benzene rings is 2. The summed E-state index contributed by atoms with van der Waals surface area (Å²) >= 11 is 0. The van der Waals surface area contributed by atoms with Gasteiger partial charge in [-0.15, -0.1) is 0 Å². The first-order valence-corrected chi connectivity index (χ1v) is 11.6. The quantitative estimate of drug-likeness (QED) is 0.563. The molecule has 2 heterocycles. The Hall–Kier alpha value is -3.48. The van der Waals surface area contributed by atoms with Crippen LogP contribution in [0.2, 0.25) is 0 Å². The molecule has 1 amide bonds. The standard InChI is InChI=1S/C27H25F2N3O2/c1-15(2)30-14-32(31-13-12-21(33)16(3)24(31)26(30)34)25-19-10-6-4-8-17(19)22-23(27(22,28)29)18-9-5-7-11-20(18)25/h4-13,15,22-23,25H,14H2,1-3H3/t22-,23+,25?. The summed E-state index contributed by atoms with van der Waals surface area (Å²) in [7, 11) is 0. The van der Waals surface area contributed by atoms with E-state index in [9.17, 15) is 9.59 Å². The zero-order valence-electron chi connectivity index (χ0n) is 19.2. The predicted octanol–water partition coefficient (Wildman–Crippen LogP) is 4.54. The van der Waals surface area contributed by atoms with E-state index in [0.717, 1.165) is 11.1 Å². The van der Waals surface area contributed by atoms with Crippen molar-refractivity contribution in [2.75, 3.05) is 11.7 Å². The molecular formula is C27H25F2N3O2. The van der Waals surface area contributed by atoms with Gasteiger partial charge < -0.3 is 4.90 Å². The van der Waals surface area contributed by atoms with E-state index in [1.807, 2.05) is 55.3 Å². The first kappa shape index (κ1) is 21.1. The summed E-state index contributed by atoms with van der Waals surface area (Å²) in [5.74, 6) is -4.72. The molecule has 0 N–H and O–H groups in total. The van der Waals surface area contributed by atoms with Crippen LogP contribution < -0.4 is 10.4 Å². The highest BCUT2D eigenvalue weighted by atomic mass is 19.3. The van der Waals surface area contributed by atoms with Gasteiger partial charge in [-0.1, -0.05) is 48.5 Å². The number of aromatic nitrogens is 1. The summed E-state index contributed by atoms with van der Waals surface area (Å²) in [6, 6.07) is 15.8. The van der Waals surface area contributed by atoms with Crippen molar-refractivity contribution in [3.63, 3.8) is 0 Å². The molecule has 1 fully saturated rings. The summed E-state index contributed by atoms with van der Waals surface area (Å²) in [4.78, 5) is 27.6. The number of rotatable bonds is 2. The second-order valence-electron chi connectivity index (χ2n) is 9.74. The fourth-order valence-electron chi connectivity index (χ4n) is 5.80. The van der Waals surface area contributed by atoms with Crippen molar-refractivity contribution in [2.24, 2.45) is 0 Å². The second kappa shape index (κ2) is 7.01. The maximum absolute atomic E-state index is 15.1. The van der Waals surface area contributed by atoms with E-state index in [4.69, 9.17) is 0 Å². The van der Waals surface area contributed by atoms with Crippen molar-refractivity contribution in [1.29, 1.82) is 0 Å². The summed E-state index contributed by atoms with van der Waals surface area (Å²) in [5, 5.41) is 2.03. The van der Waals surface area contributed by atoms with E-state index in [1.165, 1.54) is 6.07 Å². The molecule has 34 heavy (non-hydrogen) atoms. The molecule has 3 aromatic rings. The Morgan fingerprint density at radius 2 is 1.41 bits per heavy atom. The lowest BCUT2D eigenvalue weighted by atomic mass is 9.91. The van der Waals surface area contributed by atoms with Crippen LogP contribution in [0.1, 0.15) is 70.0 Å².